The van der Waals surface area contributed by atoms with Crippen molar-refractivity contribution in [3.8, 4) is 0 Å². The predicted molar refractivity (Wildman–Crippen MR) is 93.3 cm³/mol. The third kappa shape index (κ3) is 5.33. The largest absolute Gasteiger partial charge is 0.469 e. The van der Waals surface area contributed by atoms with Crippen molar-refractivity contribution < 1.29 is 9.53 Å². The minimum Gasteiger partial charge on any atom is -0.469 e. The highest BCUT2D eigenvalue weighted by molar-refractivity contribution is 5.69. The predicted octanol–water partition coefficient (Wildman–Crippen LogP) is 2.70. The van der Waals surface area contributed by atoms with Gasteiger partial charge in [0, 0.05) is 25.6 Å². The lowest BCUT2D eigenvalue weighted by molar-refractivity contribution is -0.141. The zero-order valence-electron chi connectivity index (χ0n) is 14.9. The molecule has 1 aliphatic rings. The van der Waals surface area contributed by atoms with E-state index in [2.05, 4.69) is 55.1 Å². The van der Waals surface area contributed by atoms with E-state index in [0.717, 1.165) is 32.5 Å². The first-order valence-corrected chi connectivity index (χ1v) is 8.50. The smallest absolute Gasteiger partial charge is 0.305 e. The molecule has 0 bridgehead atoms. The number of carbonyl (C=O) groups excluding carboxylic acids is 1. The molecule has 1 fully saturated rings. The molecule has 0 unspecified atom stereocenters. The summed E-state index contributed by atoms with van der Waals surface area (Å²) in [4.78, 5) is 16.3. The molecule has 1 heterocycles. The molecule has 1 aromatic rings. The number of hydrogen-bond donors (Lipinski definition) is 0. The van der Waals surface area contributed by atoms with Crippen LogP contribution in [0, 0.1) is 12.8 Å². The van der Waals surface area contributed by atoms with Gasteiger partial charge in [-0.05, 0) is 51.9 Å². The van der Waals surface area contributed by atoms with Crippen LogP contribution >= 0.6 is 0 Å². The molecule has 0 N–H and O–H groups in total. The highest BCUT2D eigenvalue weighted by Gasteiger charge is 2.30. The second-order valence-corrected chi connectivity index (χ2v) is 6.92. The molecule has 2 rings (SSSR count). The van der Waals surface area contributed by atoms with Crippen LogP contribution in [0.4, 0.5) is 0 Å². The average molecular weight is 318 g/mol. The maximum absolute atomic E-state index is 11.5. The SMILES string of the molecule is COC(=O)CC[C@H]1CN(Cc2ccc(C)cc2)CC[C@H]1N(C)C. The maximum Gasteiger partial charge on any atom is 0.305 e. The van der Waals surface area contributed by atoms with E-state index < -0.39 is 0 Å². The van der Waals surface area contributed by atoms with Crippen LogP contribution in [0.3, 0.4) is 0 Å². The van der Waals surface area contributed by atoms with Crippen molar-refractivity contribution in [2.75, 3.05) is 34.3 Å². The summed E-state index contributed by atoms with van der Waals surface area (Å²) >= 11 is 0. The van der Waals surface area contributed by atoms with E-state index >= 15 is 0 Å². The fourth-order valence-corrected chi connectivity index (χ4v) is 3.56. The zero-order valence-corrected chi connectivity index (χ0v) is 14.9. The molecule has 0 radical (unpaired) electrons. The van der Waals surface area contributed by atoms with Gasteiger partial charge in [0.2, 0.25) is 0 Å². The molecule has 128 valence electrons. The van der Waals surface area contributed by atoms with Crippen LogP contribution in [0.25, 0.3) is 0 Å². The normalized spacial score (nSPS) is 22.3. The molecule has 4 nitrogen and oxygen atoms in total. The minimum absolute atomic E-state index is 0.0989. The molecule has 0 spiro atoms. The van der Waals surface area contributed by atoms with Crippen LogP contribution in [-0.4, -0.2) is 56.1 Å². The fourth-order valence-electron chi connectivity index (χ4n) is 3.56. The third-order valence-electron chi connectivity index (χ3n) is 4.91. The van der Waals surface area contributed by atoms with Crippen LogP contribution in [0.1, 0.15) is 30.4 Å². The van der Waals surface area contributed by atoms with Crippen LogP contribution < -0.4 is 0 Å². The van der Waals surface area contributed by atoms with E-state index in [1.807, 2.05) is 0 Å². The minimum atomic E-state index is -0.0989. The Bertz CT molecular complexity index is 499. The number of aryl methyl sites for hydroxylation is 1. The molecule has 0 saturated carbocycles. The van der Waals surface area contributed by atoms with Crippen molar-refractivity contribution in [1.82, 2.24) is 9.80 Å². The van der Waals surface area contributed by atoms with Crippen molar-refractivity contribution in [3.63, 3.8) is 0 Å². The Morgan fingerprint density at radius 1 is 1.30 bits per heavy atom. The Kier molecular flexibility index (Phi) is 6.60. The number of ether oxygens (including phenoxy) is 1. The van der Waals surface area contributed by atoms with Gasteiger partial charge < -0.3 is 9.64 Å². The van der Waals surface area contributed by atoms with E-state index in [0.29, 0.717) is 18.4 Å². The number of carbonyl (C=O) groups is 1. The quantitative estimate of drug-likeness (QED) is 0.755. The van der Waals surface area contributed by atoms with Gasteiger partial charge in [-0.2, -0.15) is 0 Å². The summed E-state index contributed by atoms with van der Waals surface area (Å²) in [5.74, 6) is 0.418. The first-order chi connectivity index (χ1) is 11.0. The molecule has 0 amide bonds. The Balaban J connectivity index is 1.95. The first kappa shape index (κ1) is 18.0. The van der Waals surface area contributed by atoms with Crippen LogP contribution in [0.5, 0.6) is 0 Å². The summed E-state index contributed by atoms with van der Waals surface area (Å²) < 4.78 is 4.80. The van der Waals surface area contributed by atoms with E-state index in [1.54, 1.807) is 0 Å². The zero-order chi connectivity index (χ0) is 16.8. The number of likely N-dealkylation sites (tertiary alicyclic amines) is 1. The molecular formula is C19H30N2O2. The lowest BCUT2D eigenvalue weighted by atomic mass is 9.87. The summed E-state index contributed by atoms with van der Waals surface area (Å²) in [6.07, 6.45) is 2.58. The summed E-state index contributed by atoms with van der Waals surface area (Å²) in [6.45, 7) is 5.28. The van der Waals surface area contributed by atoms with Crippen LogP contribution in [0.2, 0.25) is 0 Å². The number of rotatable bonds is 6. The van der Waals surface area contributed by atoms with Gasteiger partial charge >= 0.3 is 5.97 Å². The van der Waals surface area contributed by atoms with Gasteiger partial charge in [-0.15, -0.1) is 0 Å². The molecule has 0 aliphatic carbocycles. The first-order valence-electron chi connectivity index (χ1n) is 8.50. The monoisotopic (exact) mass is 318 g/mol. The second kappa shape index (κ2) is 8.46. The Labute approximate surface area is 140 Å². The highest BCUT2D eigenvalue weighted by atomic mass is 16.5. The van der Waals surface area contributed by atoms with Gasteiger partial charge in [0.1, 0.15) is 0 Å². The standard InChI is InChI=1S/C19H30N2O2/c1-15-5-7-16(8-6-15)13-21-12-11-18(20(2)3)17(14-21)9-10-19(22)23-4/h5-8,17-18H,9-14H2,1-4H3/t17-,18+/m0/s1. The van der Waals surface area contributed by atoms with Gasteiger partial charge in [-0.1, -0.05) is 29.8 Å². The average Bonchev–Trinajstić information content (AvgIpc) is 2.54. The van der Waals surface area contributed by atoms with Gasteiger partial charge in [0.25, 0.3) is 0 Å². The van der Waals surface area contributed by atoms with Crippen LogP contribution in [-0.2, 0) is 16.1 Å². The molecular weight excluding hydrogens is 288 g/mol. The number of benzene rings is 1. The van der Waals surface area contributed by atoms with Crippen molar-refractivity contribution >= 4 is 5.97 Å². The molecule has 1 aliphatic heterocycles. The van der Waals surface area contributed by atoms with Crippen molar-refractivity contribution in [2.45, 2.75) is 38.8 Å². The highest BCUT2D eigenvalue weighted by Crippen LogP contribution is 2.26. The third-order valence-corrected chi connectivity index (χ3v) is 4.91. The Morgan fingerprint density at radius 2 is 2.00 bits per heavy atom. The van der Waals surface area contributed by atoms with Gasteiger partial charge in [0.05, 0.1) is 7.11 Å². The fraction of sp³-hybridized carbons (Fsp3) is 0.632. The van der Waals surface area contributed by atoms with Crippen molar-refractivity contribution in [3.05, 3.63) is 35.4 Å². The van der Waals surface area contributed by atoms with E-state index in [4.69, 9.17) is 4.74 Å². The van der Waals surface area contributed by atoms with Crippen LogP contribution in [0.15, 0.2) is 24.3 Å². The summed E-state index contributed by atoms with van der Waals surface area (Å²) in [6, 6.07) is 9.34. The number of nitrogens with zero attached hydrogens (tertiary/aromatic N) is 2. The molecule has 2 atom stereocenters. The van der Waals surface area contributed by atoms with Gasteiger partial charge in [0.15, 0.2) is 0 Å². The topological polar surface area (TPSA) is 32.8 Å². The number of piperidine rings is 1. The number of esters is 1. The molecule has 23 heavy (non-hydrogen) atoms. The van der Waals surface area contributed by atoms with Crippen molar-refractivity contribution in [1.29, 1.82) is 0 Å². The molecule has 0 aromatic heterocycles. The van der Waals surface area contributed by atoms with Gasteiger partial charge in [-0.25, -0.2) is 0 Å². The summed E-state index contributed by atoms with van der Waals surface area (Å²) in [5.41, 5.74) is 2.67. The lowest BCUT2D eigenvalue weighted by Crippen LogP contribution is -2.48. The van der Waals surface area contributed by atoms with E-state index in [1.165, 1.54) is 18.2 Å². The van der Waals surface area contributed by atoms with E-state index in [-0.39, 0.29) is 5.97 Å². The molecule has 1 saturated heterocycles. The number of methoxy groups -OCH3 is 1. The number of hydrogen-bond acceptors (Lipinski definition) is 4. The lowest BCUT2D eigenvalue weighted by Gasteiger charge is -2.41. The van der Waals surface area contributed by atoms with Gasteiger partial charge in [-0.3, -0.25) is 9.69 Å². The van der Waals surface area contributed by atoms with E-state index in [9.17, 15) is 4.79 Å². The summed E-state index contributed by atoms with van der Waals surface area (Å²) in [7, 11) is 5.76. The second-order valence-electron chi connectivity index (χ2n) is 6.92. The maximum atomic E-state index is 11.5. The molecule has 1 aromatic carbocycles. The van der Waals surface area contributed by atoms with Crippen molar-refractivity contribution in [2.24, 2.45) is 5.92 Å². The Hall–Kier alpha value is -1.39. The molecule has 4 heteroatoms. The Morgan fingerprint density at radius 3 is 2.61 bits per heavy atom. The summed E-state index contributed by atoms with van der Waals surface area (Å²) in [5, 5.41) is 0.